The van der Waals surface area contributed by atoms with Gasteiger partial charge in [-0.25, -0.2) is 8.42 Å². The first-order valence-corrected chi connectivity index (χ1v) is 13.1. The van der Waals surface area contributed by atoms with Gasteiger partial charge in [0.1, 0.15) is 5.75 Å². The van der Waals surface area contributed by atoms with Crippen LogP contribution < -0.4 is 10.1 Å². The number of carbonyl (C=O) groups excluding carboxylic acids is 1. The SMILES string of the molecule is CCCCCCOc1ccc(Br)cc1C(=O)Nc1ccc(S(=O)(=O)N2CCOCC2)cc1. The van der Waals surface area contributed by atoms with Gasteiger partial charge >= 0.3 is 0 Å². The van der Waals surface area contributed by atoms with Gasteiger partial charge in [0, 0.05) is 23.2 Å². The number of nitrogens with one attached hydrogen (secondary N) is 1. The smallest absolute Gasteiger partial charge is 0.259 e. The van der Waals surface area contributed by atoms with Crippen molar-refractivity contribution in [3.8, 4) is 5.75 Å². The van der Waals surface area contributed by atoms with Crippen molar-refractivity contribution in [1.29, 1.82) is 0 Å². The first kappa shape index (κ1) is 24.7. The van der Waals surface area contributed by atoms with Crippen LogP contribution in [0.3, 0.4) is 0 Å². The molecule has 0 spiro atoms. The second-order valence-corrected chi connectivity index (χ2v) is 10.4. The largest absolute Gasteiger partial charge is 0.493 e. The zero-order chi connectivity index (χ0) is 23.0. The van der Waals surface area contributed by atoms with E-state index in [-0.39, 0.29) is 10.8 Å². The highest BCUT2D eigenvalue weighted by atomic mass is 79.9. The average molecular weight is 525 g/mol. The number of sulfonamides is 1. The molecule has 1 fully saturated rings. The van der Waals surface area contributed by atoms with Gasteiger partial charge in [-0.3, -0.25) is 4.79 Å². The fourth-order valence-electron chi connectivity index (χ4n) is 3.36. The molecule has 9 heteroatoms. The number of benzene rings is 2. The minimum atomic E-state index is -3.57. The number of carbonyl (C=O) groups is 1. The fraction of sp³-hybridized carbons (Fsp3) is 0.435. The van der Waals surface area contributed by atoms with Crippen LogP contribution >= 0.6 is 15.9 Å². The number of hydrogen-bond donors (Lipinski definition) is 1. The van der Waals surface area contributed by atoms with E-state index in [1.54, 1.807) is 24.3 Å². The molecular formula is C23H29BrN2O5S. The van der Waals surface area contributed by atoms with Gasteiger partial charge in [0.2, 0.25) is 10.0 Å². The third kappa shape index (κ3) is 6.54. The third-order valence-corrected chi connectivity index (χ3v) is 7.57. The van der Waals surface area contributed by atoms with E-state index in [1.165, 1.54) is 16.4 Å². The third-order valence-electron chi connectivity index (χ3n) is 5.16. The van der Waals surface area contributed by atoms with E-state index in [4.69, 9.17) is 9.47 Å². The molecule has 32 heavy (non-hydrogen) atoms. The Kier molecular flexibility index (Phi) is 9.10. The van der Waals surface area contributed by atoms with E-state index in [2.05, 4.69) is 28.2 Å². The van der Waals surface area contributed by atoms with Crippen LogP contribution in [-0.2, 0) is 14.8 Å². The number of ether oxygens (including phenoxy) is 2. The van der Waals surface area contributed by atoms with Crippen LogP contribution in [0.2, 0.25) is 0 Å². The molecule has 1 amide bonds. The van der Waals surface area contributed by atoms with E-state index < -0.39 is 10.0 Å². The Bertz CT molecular complexity index is 1010. The van der Waals surface area contributed by atoms with Crippen LogP contribution in [0.15, 0.2) is 51.8 Å². The number of anilines is 1. The maximum absolute atomic E-state index is 12.9. The van der Waals surface area contributed by atoms with E-state index in [0.29, 0.717) is 49.9 Å². The van der Waals surface area contributed by atoms with Gasteiger partial charge in [0.05, 0.1) is 30.3 Å². The Morgan fingerprint density at radius 1 is 1.09 bits per heavy atom. The fourth-order valence-corrected chi connectivity index (χ4v) is 5.13. The summed E-state index contributed by atoms with van der Waals surface area (Å²) in [7, 11) is -3.57. The summed E-state index contributed by atoms with van der Waals surface area (Å²) in [6.45, 7) is 4.17. The standard InChI is InChI=1S/C23H29BrN2O5S/c1-2-3-4-5-14-31-22-11-6-18(24)17-21(22)23(27)25-19-7-9-20(10-8-19)32(28,29)26-12-15-30-16-13-26/h6-11,17H,2-5,12-16H2,1H3,(H,25,27). The van der Waals surface area contributed by atoms with Gasteiger partial charge in [-0.05, 0) is 48.9 Å². The Morgan fingerprint density at radius 3 is 2.50 bits per heavy atom. The lowest BCUT2D eigenvalue weighted by atomic mass is 10.1. The van der Waals surface area contributed by atoms with E-state index in [1.807, 2.05) is 6.07 Å². The van der Waals surface area contributed by atoms with E-state index >= 15 is 0 Å². The quantitative estimate of drug-likeness (QED) is 0.456. The van der Waals surface area contributed by atoms with E-state index in [9.17, 15) is 13.2 Å². The second-order valence-electron chi connectivity index (χ2n) is 7.54. The number of halogens is 1. The number of rotatable bonds is 10. The highest BCUT2D eigenvalue weighted by Crippen LogP contribution is 2.26. The molecule has 1 aliphatic heterocycles. The average Bonchev–Trinajstić information content (AvgIpc) is 2.80. The molecule has 0 atom stereocenters. The Labute approximate surface area is 198 Å². The monoisotopic (exact) mass is 524 g/mol. The lowest BCUT2D eigenvalue weighted by Crippen LogP contribution is -2.40. The topological polar surface area (TPSA) is 84.9 Å². The van der Waals surface area contributed by atoms with Gasteiger partial charge in [-0.1, -0.05) is 42.1 Å². The van der Waals surface area contributed by atoms with Gasteiger partial charge in [0.15, 0.2) is 0 Å². The van der Waals surface area contributed by atoms with Crippen LogP contribution in [0.5, 0.6) is 5.75 Å². The zero-order valence-electron chi connectivity index (χ0n) is 18.2. The molecule has 1 aliphatic rings. The highest BCUT2D eigenvalue weighted by Gasteiger charge is 2.26. The predicted octanol–water partition coefficient (Wildman–Crippen LogP) is 4.68. The number of amides is 1. The van der Waals surface area contributed by atoms with Crippen molar-refractivity contribution in [2.75, 3.05) is 38.2 Å². The molecule has 3 rings (SSSR count). The van der Waals surface area contributed by atoms with E-state index in [0.717, 1.165) is 30.2 Å². The minimum absolute atomic E-state index is 0.191. The summed E-state index contributed by atoms with van der Waals surface area (Å²) in [5.41, 5.74) is 0.921. The minimum Gasteiger partial charge on any atom is -0.493 e. The van der Waals surface area contributed by atoms with Crippen molar-refractivity contribution in [1.82, 2.24) is 4.31 Å². The lowest BCUT2D eigenvalue weighted by molar-refractivity contribution is 0.0730. The Hall–Kier alpha value is -1.94. The number of nitrogens with zero attached hydrogens (tertiary/aromatic N) is 1. The van der Waals surface area contributed by atoms with Crippen molar-refractivity contribution in [3.05, 3.63) is 52.5 Å². The van der Waals surface area contributed by atoms with Crippen LogP contribution in [0, 0.1) is 0 Å². The van der Waals surface area contributed by atoms with Crippen molar-refractivity contribution < 1.29 is 22.7 Å². The van der Waals surface area contributed by atoms with Crippen LogP contribution in [0.4, 0.5) is 5.69 Å². The molecule has 0 unspecified atom stereocenters. The van der Waals surface area contributed by atoms with Crippen LogP contribution in [0.25, 0.3) is 0 Å². The zero-order valence-corrected chi connectivity index (χ0v) is 20.6. The van der Waals surface area contributed by atoms with Crippen molar-refractivity contribution in [2.24, 2.45) is 0 Å². The van der Waals surface area contributed by atoms with Crippen LogP contribution in [-0.4, -0.2) is 51.5 Å². The molecule has 2 aromatic rings. The highest BCUT2D eigenvalue weighted by molar-refractivity contribution is 9.10. The molecule has 1 N–H and O–H groups in total. The molecule has 0 bridgehead atoms. The molecule has 1 heterocycles. The normalized spacial score (nSPS) is 14.8. The lowest BCUT2D eigenvalue weighted by Gasteiger charge is -2.26. The van der Waals surface area contributed by atoms with Crippen molar-refractivity contribution >= 4 is 37.5 Å². The number of morpholine rings is 1. The van der Waals surface area contributed by atoms with Crippen LogP contribution in [0.1, 0.15) is 43.0 Å². The molecule has 174 valence electrons. The first-order chi connectivity index (χ1) is 15.4. The van der Waals surface area contributed by atoms with Gasteiger partial charge in [-0.15, -0.1) is 0 Å². The predicted molar refractivity (Wildman–Crippen MR) is 128 cm³/mol. The molecule has 1 saturated heterocycles. The second kappa shape index (κ2) is 11.8. The summed E-state index contributed by atoms with van der Waals surface area (Å²) < 4.78 is 38.8. The molecule has 0 saturated carbocycles. The summed E-state index contributed by atoms with van der Waals surface area (Å²) in [5, 5.41) is 2.83. The summed E-state index contributed by atoms with van der Waals surface area (Å²) in [4.78, 5) is 13.1. The number of hydrogen-bond acceptors (Lipinski definition) is 5. The summed E-state index contributed by atoms with van der Waals surface area (Å²) in [6.07, 6.45) is 4.34. The summed E-state index contributed by atoms with van der Waals surface area (Å²) in [5.74, 6) is 0.201. The number of unbranched alkanes of at least 4 members (excludes halogenated alkanes) is 3. The van der Waals surface area contributed by atoms with Gasteiger partial charge < -0.3 is 14.8 Å². The van der Waals surface area contributed by atoms with Crippen molar-refractivity contribution in [3.63, 3.8) is 0 Å². The molecule has 2 aromatic carbocycles. The maximum Gasteiger partial charge on any atom is 0.259 e. The van der Waals surface area contributed by atoms with Gasteiger partial charge in [0.25, 0.3) is 5.91 Å². The summed E-state index contributed by atoms with van der Waals surface area (Å²) >= 11 is 3.41. The summed E-state index contributed by atoms with van der Waals surface area (Å²) in [6, 6.07) is 11.5. The molecular weight excluding hydrogens is 496 g/mol. The molecule has 0 aromatic heterocycles. The Morgan fingerprint density at radius 2 is 1.81 bits per heavy atom. The maximum atomic E-state index is 12.9. The van der Waals surface area contributed by atoms with Crippen molar-refractivity contribution in [2.45, 2.75) is 37.5 Å². The molecule has 7 nitrogen and oxygen atoms in total. The first-order valence-electron chi connectivity index (χ1n) is 10.8. The molecule has 0 aliphatic carbocycles. The Balaban J connectivity index is 1.67. The van der Waals surface area contributed by atoms with Gasteiger partial charge in [-0.2, -0.15) is 4.31 Å². The molecule has 0 radical (unpaired) electrons.